The summed E-state index contributed by atoms with van der Waals surface area (Å²) >= 11 is 0. The maximum atomic E-state index is 10.6. The molecule has 0 aromatic rings. The van der Waals surface area contributed by atoms with Gasteiger partial charge < -0.3 is 9.22 Å². The van der Waals surface area contributed by atoms with Gasteiger partial charge in [0.2, 0.25) is 0 Å². The van der Waals surface area contributed by atoms with Crippen LogP contribution < -0.4 is 0 Å². The van der Waals surface area contributed by atoms with Crippen molar-refractivity contribution in [2.45, 2.75) is 58.9 Å². The van der Waals surface area contributed by atoms with Crippen molar-refractivity contribution in [1.29, 1.82) is 0 Å². The van der Waals surface area contributed by atoms with Crippen LogP contribution in [0.4, 0.5) is 0 Å². The Morgan fingerprint density at radius 3 is 1.93 bits per heavy atom. The smallest absolute Gasteiger partial charge is 0.192 e. The summed E-state index contributed by atoms with van der Waals surface area (Å²) in [5.41, 5.74) is 0. The van der Waals surface area contributed by atoms with Crippen molar-refractivity contribution >= 4 is 14.6 Å². The van der Waals surface area contributed by atoms with E-state index in [0.29, 0.717) is 0 Å². The molecule has 0 saturated heterocycles. The molecule has 0 radical (unpaired) electrons. The molecule has 0 aromatic carbocycles. The van der Waals surface area contributed by atoms with Crippen molar-refractivity contribution in [1.82, 2.24) is 0 Å². The van der Waals surface area contributed by atoms with Crippen LogP contribution in [0.1, 0.15) is 34.6 Å². The van der Waals surface area contributed by atoms with Crippen molar-refractivity contribution in [3.8, 4) is 0 Å². The van der Waals surface area contributed by atoms with E-state index in [2.05, 4.69) is 33.9 Å². The molecule has 0 rings (SSSR count). The average molecular weight is 216 g/mol. The minimum Gasteiger partial charge on any atom is -0.414 e. The molecule has 2 atom stereocenters. The first-order chi connectivity index (χ1) is 6.12. The summed E-state index contributed by atoms with van der Waals surface area (Å²) in [5.74, 6) is -0.0101. The van der Waals surface area contributed by atoms with Crippen LogP contribution in [0.2, 0.25) is 18.1 Å². The highest BCUT2D eigenvalue weighted by molar-refractivity contribution is 6.74. The maximum absolute atomic E-state index is 10.6. The highest BCUT2D eigenvalue weighted by Gasteiger charge is 2.39. The van der Waals surface area contributed by atoms with Crippen LogP contribution in [0, 0.1) is 5.92 Å². The Kier molecular flexibility index (Phi) is 4.53. The summed E-state index contributed by atoms with van der Waals surface area (Å²) in [7, 11) is -1.71. The summed E-state index contributed by atoms with van der Waals surface area (Å²) < 4.78 is 6.06. The van der Waals surface area contributed by atoms with E-state index in [9.17, 15) is 4.79 Å². The molecule has 0 aliphatic heterocycles. The molecule has 0 amide bonds. The number of carbonyl (C=O) groups is 1. The zero-order valence-electron chi connectivity index (χ0n) is 10.5. The number of hydrogen-bond acceptors (Lipinski definition) is 2. The number of rotatable bonds is 4. The van der Waals surface area contributed by atoms with Gasteiger partial charge in [0.05, 0.1) is 6.10 Å². The Balaban J connectivity index is 4.44. The molecular formula is C11H24O2Si. The van der Waals surface area contributed by atoms with E-state index < -0.39 is 8.32 Å². The van der Waals surface area contributed by atoms with Gasteiger partial charge in [0.15, 0.2) is 8.32 Å². The van der Waals surface area contributed by atoms with Gasteiger partial charge in [0.1, 0.15) is 6.29 Å². The third-order valence-electron chi connectivity index (χ3n) is 3.24. The van der Waals surface area contributed by atoms with Gasteiger partial charge in [-0.2, -0.15) is 0 Å². The second kappa shape index (κ2) is 4.58. The molecular weight excluding hydrogens is 192 g/mol. The van der Waals surface area contributed by atoms with Gasteiger partial charge in [-0.3, -0.25) is 0 Å². The fourth-order valence-electron chi connectivity index (χ4n) is 0.859. The fraction of sp³-hybridized carbons (Fsp3) is 0.909. The van der Waals surface area contributed by atoms with Gasteiger partial charge >= 0.3 is 0 Å². The SMILES string of the molecule is C[C@H](O[Si](C)(C)C(C)(C)C)[C@@H](C)C=O. The van der Waals surface area contributed by atoms with Gasteiger partial charge in [-0.1, -0.05) is 27.7 Å². The third-order valence-corrected chi connectivity index (χ3v) is 7.82. The fourth-order valence-corrected chi connectivity index (χ4v) is 2.36. The van der Waals surface area contributed by atoms with Gasteiger partial charge in [-0.25, -0.2) is 0 Å². The Morgan fingerprint density at radius 1 is 1.21 bits per heavy atom. The van der Waals surface area contributed by atoms with Crippen LogP contribution in [0.25, 0.3) is 0 Å². The summed E-state index contributed by atoms with van der Waals surface area (Å²) in [4.78, 5) is 10.6. The average Bonchev–Trinajstić information content (AvgIpc) is 2.00. The minimum absolute atomic E-state index is 0.0101. The molecule has 84 valence electrons. The topological polar surface area (TPSA) is 26.3 Å². The Morgan fingerprint density at radius 2 is 1.64 bits per heavy atom. The predicted molar refractivity (Wildman–Crippen MR) is 63.0 cm³/mol. The van der Waals surface area contributed by atoms with E-state index in [1.165, 1.54) is 0 Å². The molecule has 14 heavy (non-hydrogen) atoms. The number of carbonyl (C=O) groups excluding carboxylic acids is 1. The number of hydrogen-bond donors (Lipinski definition) is 0. The Labute approximate surface area is 89.2 Å². The molecule has 0 N–H and O–H groups in total. The lowest BCUT2D eigenvalue weighted by molar-refractivity contribution is -0.112. The quantitative estimate of drug-likeness (QED) is 0.533. The summed E-state index contributed by atoms with van der Waals surface area (Å²) in [6.45, 7) is 14.9. The van der Waals surface area contributed by atoms with Crippen LogP contribution in [0.3, 0.4) is 0 Å². The summed E-state index contributed by atoms with van der Waals surface area (Å²) in [6, 6.07) is 0. The van der Waals surface area contributed by atoms with Crippen LogP contribution in [0.15, 0.2) is 0 Å². The molecule has 2 nitrogen and oxygen atoms in total. The Bertz CT molecular complexity index is 194. The van der Waals surface area contributed by atoms with E-state index in [4.69, 9.17) is 4.43 Å². The van der Waals surface area contributed by atoms with Crippen molar-refractivity contribution in [2.24, 2.45) is 5.92 Å². The standard InChI is InChI=1S/C11H24O2Si/c1-9(8-12)10(2)13-14(6,7)11(3,4)5/h8-10H,1-7H3/t9-,10-/m0/s1. The molecule has 0 aliphatic rings. The molecule has 0 bridgehead atoms. The number of aldehydes is 1. The Hall–Kier alpha value is -0.153. The van der Waals surface area contributed by atoms with Gasteiger partial charge in [-0.15, -0.1) is 0 Å². The lowest BCUT2D eigenvalue weighted by Gasteiger charge is -2.39. The van der Waals surface area contributed by atoms with E-state index in [-0.39, 0.29) is 17.1 Å². The highest BCUT2D eigenvalue weighted by Crippen LogP contribution is 2.37. The van der Waals surface area contributed by atoms with Crippen molar-refractivity contribution in [3.05, 3.63) is 0 Å². The molecule has 0 unspecified atom stereocenters. The second-order valence-corrected chi connectivity index (χ2v) is 10.3. The molecule has 3 heteroatoms. The zero-order valence-corrected chi connectivity index (χ0v) is 11.5. The van der Waals surface area contributed by atoms with Gasteiger partial charge in [-0.05, 0) is 25.1 Å². The summed E-state index contributed by atoms with van der Waals surface area (Å²) in [5, 5.41) is 0.212. The first kappa shape index (κ1) is 13.8. The van der Waals surface area contributed by atoms with E-state index in [0.717, 1.165) is 6.29 Å². The molecule has 0 saturated carbocycles. The molecule has 0 spiro atoms. The van der Waals surface area contributed by atoms with E-state index in [1.54, 1.807) is 0 Å². The lowest BCUT2D eigenvalue weighted by Crippen LogP contribution is -2.44. The molecule has 0 fully saturated rings. The molecule has 0 aliphatic carbocycles. The minimum atomic E-state index is -1.71. The monoisotopic (exact) mass is 216 g/mol. The third kappa shape index (κ3) is 3.54. The highest BCUT2D eigenvalue weighted by atomic mass is 28.4. The van der Waals surface area contributed by atoms with Crippen molar-refractivity contribution < 1.29 is 9.22 Å². The molecule has 0 aromatic heterocycles. The van der Waals surface area contributed by atoms with Crippen molar-refractivity contribution in [3.63, 3.8) is 0 Å². The van der Waals surface area contributed by atoms with Gasteiger partial charge in [0, 0.05) is 5.92 Å². The molecule has 0 heterocycles. The van der Waals surface area contributed by atoms with E-state index in [1.807, 2.05) is 13.8 Å². The van der Waals surface area contributed by atoms with Crippen molar-refractivity contribution in [2.75, 3.05) is 0 Å². The normalized spacial score (nSPS) is 17.6. The first-order valence-electron chi connectivity index (χ1n) is 5.25. The van der Waals surface area contributed by atoms with Crippen LogP contribution >= 0.6 is 0 Å². The van der Waals surface area contributed by atoms with Crippen LogP contribution in [-0.2, 0) is 9.22 Å². The predicted octanol–water partition coefficient (Wildman–Crippen LogP) is 3.23. The van der Waals surface area contributed by atoms with Crippen LogP contribution in [-0.4, -0.2) is 20.7 Å². The second-order valence-electron chi connectivity index (χ2n) is 5.58. The first-order valence-corrected chi connectivity index (χ1v) is 8.16. The maximum Gasteiger partial charge on any atom is 0.192 e. The van der Waals surface area contributed by atoms with Gasteiger partial charge in [0.25, 0.3) is 0 Å². The van der Waals surface area contributed by atoms with Crippen LogP contribution in [0.5, 0.6) is 0 Å². The van der Waals surface area contributed by atoms with E-state index >= 15 is 0 Å². The largest absolute Gasteiger partial charge is 0.414 e. The lowest BCUT2D eigenvalue weighted by atomic mass is 10.1. The zero-order chi connectivity index (χ0) is 11.6. The summed E-state index contributed by atoms with van der Waals surface area (Å²) in [6.07, 6.45) is 1.01.